The van der Waals surface area contributed by atoms with Gasteiger partial charge in [0, 0.05) is 18.7 Å². The van der Waals surface area contributed by atoms with Crippen LogP contribution in [0.2, 0.25) is 0 Å². The zero-order chi connectivity index (χ0) is 8.72. The van der Waals surface area contributed by atoms with Crippen molar-refractivity contribution in [3.05, 3.63) is 21.9 Å². The van der Waals surface area contributed by atoms with Crippen LogP contribution in [0.5, 0.6) is 0 Å². The van der Waals surface area contributed by atoms with Crippen molar-refractivity contribution in [3.8, 4) is 0 Å². The molecule has 0 radical (unpaired) electrons. The lowest BCUT2D eigenvalue weighted by Crippen LogP contribution is -2.14. The summed E-state index contributed by atoms with van der Waals surface area (Å²) in [5.41, 5.74) is 1.12. The van der Waals surface area contributed by atoms with Crippen LogP contribution in [0.1, 0.15) is 34.9 Å². The number of H-pyrrole nitrogens is 1. The van der Waals surface area contributed by atoms with Crippen molar-refractivity contribution in [2.75, 3.05) is 0 Å². The molecule has 1 saturated carbocycles. The first-order valence-corrected chi connectivity index (χ1v) is 3.98. The number of aromatic nitrogens is 2. The maximum absolute atomic E-state index is 11.1. The second-order valence-corrected chi connectivity index (χ2v) is 3.18. The molecule has 1 aromatic heterocycles. The Morgan fingerprint density at radius 1 is 1.58 bits per heavy atom. The highest BCUT2D eigenvalue weighted by atomic mass is 16.1. The zero-order valence-corrected chi connectivity index (χ0v) is 6.83. The van der Waals surface area contributed by atoms with Gasteiger partial charge in [0.15, 0.2) is 6.29 Å². The van der Waals surface area contributed by atoms with Gasteiger partial charge in [-0.2, -0.15) is 0 Å². The Morgan fingerprint density at radius 2 is 2.25 bits per heavy atom. The lowest BCUT2D eigenvalue weighted by Gasteiger charge is -1.93. The number of aldehydes is 1. The van der Waals surface area contributed by atoms with Gasteiger partial charge < -0.3 is 4.98 Å². The molecule has 0 saturated heterocycles. The molecule has 0 amide bonds. The Balaban J connectivity index is 2.59. The van der Waals surface area contributed by atoms with Crippen LogP contribution in [0.4, 0.5) is 0 Å². The van der Waals surface area contributed by atoms with Gasteiger partial charge >= 0.3 is 5.69 Å². The largest absolute Gasteiger partial charge is 0.326 e. The van der Waals surface area contributed by atoms with Crippen molar-refractivity contribution in [2.45, 2.75) is 18.8 Å². The summed E-state index contributed by atoms with van der Waals surface area (Å²) in [7, 11) is 1.61. The zero-order valence-electron chi connectivity index (χ0n) is 6.83. The van der Waals surface area contributed by atoms with Crippen LogP contribution in [-0.2, 0) is 7.05 Å². The number of aromatic amines is 1. The third kappa shape index (κ3) is 0.913. The molecular formula is C8H10N2O2. The average molecular weight is 166 g/mol. The fourth-order valence-electron chi connectivity index (χ4n) is 1.38. The lowest BCUT2D eigenvalue weighted by molar-refractivity contribution is 0.111. The van der Waals surface area contributed by atoms with Crippen molar-refractivity contribution in [2.24, 2.45) is 7.05 Å². The van der Waals surface area contributed by atoms with Crippen LogP contribution >= 0.6 is 0 Å². The van der Waals surface area contributed by atoms with Crippen LogP contribution in [-0.4, -0.2) is 15.8 Å². The number of nitrogens with zero attached hydrogens (tertiary/aromatic N) is 1. The normalized spacial score (nSPS) is 16.4. The summed E-state index contributed by atoms with van der Waals surface area (Å²) in [6, 6.07) is 0. The van der Waals surface area contributed by atoms with Gasteiger partial charge in [0.25, 0.3) is 0 Å². The number of carbonyl (C=O) groups excluding carboxylic acids is 1. The molecule has 0 spiro atoms. The van der Waals surface area contributed by atoms with Crippen molar-refractivity contribution < 1.29 is 4.79 Å². The van der Waals surface area contributed by atoms with Gasteiger partial charge in [-0.15, -0.1) is 0 Å². The molecule has 0 atom stereocenters. The SMILES string of the molecule is Cn1c(C=O)c(C2CC2)[nH]c1=O. The molecule has 1 aromatic rings. The number of hydrogen-bond donors (Lipinski definition) is 1. The molecule has 1 heterocycles. The van der Waals surface area contributed by atoms with Crippen molar-refractivity contribution in [1.29, 1.82) is 0 Å². The minimum atomic E-state index is -0.195. The molecule has 0 aromatic carbocycles. The summed E-state index contributed by atoms with van der Waals surface area (Å²) < 4.78 is 1.36. The maximum atomic E-state index is 11.1. The van der Waals surface area contributed by atoms with Gasteiger partial charge in [0.1, 0.15) is 5.69 Å². The molecule has 1 fully saturated rings. The minimum absolute atomic E-state index is 0.195. The number of rotatable bonds is 2. The highest BCUT2D eigenvalue weighted by Gasteiger charge is 2.29. The molecule has 4 nitrogen and oxygen atoms in total. The van der Waals surface area contributed by atoms with Gasteiger partial charge in [-0.1, -0.05) is 0 Å². The monoisotopic (exact) mass is 166 g/mol. The molecule has 1 N–H and O–H groups in total. The summed E-state index contributed by atoms with van der Waals surface area (Å²) in [6.07, 6.45) is 2.91. The fourth-order valence-corrected chi connectivity index (χ4v) is 1.38. The maximum Gasteiger partial charge on any atom is 0.326 e. The lowest BCUT2D eigenvalue weighted by atomic mass is 10.2. The number of carbonyl (C=O) groups is 1. The topological polar surface area (TPSA) is 54.9 Å². The minimum Gasteiger partial charge on any atom is -0.309 e. The summed E-state index contributed by atoms with van der Waals surface area (Å²) in [4.78, 5) is 24.4. The van der Waals surface area contributed by atoms with Crippen LogP contribution in [0, 0.1) is 0 Å². The number of nitrogens with one attached hydrogen (secondary N) is 1. The van der Waals surface area contributed by atoms with Gasteiger partial charge in [0.2, 0.25) is 0 Å². The van der Waals surface area contributed by atoms with Crippen molar-refractivity contribution in [3.63, 3.8) is 0 Å². The van der Waals surface area contributed by atoms with E-state index in [-0.39, 0.29) is 5.69 Å². The van der Waals surface area contributed by atoms with E-state index in [0.29, 0.717) is 11.6 Å². The first kappa shape index (κ1) is 7.34. The third-order valence-corrected chi connectivity index (χ3v) is 2.28. The average Bonchev–Trinajstić information content (AvgIpc) is 2.82. The van der Waals surface area contributed by atoms with Gasteiger partial charge in [-0.25, -0.2) is 4.79 Å². The van der Waals surface area contributed by atoms with Crippen molar-refractivity contribution in [1.82, 2.24) is 9.55 Å². The fraction of sp³-hybridized carbons (Fsp3) is 0.500. The summed E-state index contributed by atoms with van der Waals surface area (Å²) in [5.74, 6) is 0.416. The first-order chi connectivity index (χ1) is 5.74. The number of imidazole rings is 1. The summed E-state index contributed by atoms with van der Waals surface area (Å²) >= 11 is 0. The van der Waals surface area contributed by atoms with Crippen LogP contribution in [0.15, 0.2) is 4.79 Å². The molecule has 0 unspecified atom stereocenters. The molecule has 4 heteroatoms. The Hall–Kier alpha value is -1.32. The second-order valence-electron chi connectivity index (χ2n) is 3.18. The number of hydrogen-bond acceptors (Lipinski definition) is 2. The Morgan fingerprint density at radius 3 is 2.75 bits per heavy atom. The van der Waals surface area contributed by atoms with Crippen LogP contribution < -0.4 is 5.69 Å². The molecule has 0 bridgehead atoms. The summed E-state index contributed by atoms with van der Waals surface area (Å²) in [5, 5.41) is 0. The van der Waals surface area contributed by atoms with E-state index in [4.69, 9.17) is 0 Å². The van der Waals surface area contributed by atoms with E-state index in [1.165, 1.54) is 4.57 Å². The van der Waals surface area contributed by atoms with Crippen molar-refractivity contribution >= 4 is 6.29 Å². The van der Waals surface area contributed by atoms with Gasteiger partial charge in [0.05, 0.1) is 0 Å². The molecule has 64 valence electrons. The Labute approximate surface area is 69.2 Å². The van der Waals surface area contributed by atoms with E-state index in [9.17, 15) is 9.59 Å². The Bertz CT molecular complexity index is 371. The van der Waals surface area contributed by atoms with Crippen LogP contribution in [0.3, 0.4) is 0 Å². The first-order valence-electron chi connectivity index (χ1n) is 3.98. The van der Waals surface area contributed by atoms with E-state index in [0.717, 1.165) is 24.8 Å². The molecular weight excluding hydrogens is 156 g/mol. The predicted molar refractivity (Wildman–Crippen MR) is 43.4 cm³/mol. The second kappa shape index (κ2) is 2.33. The van der Waals surface area contributed by atoms with E-state index in [2.05, 4.69) is 4.98 Å². The smallest absolute Gasteiger partial charge is 0.309 e. The van der Waals surface area contributed by atoms with E-state index in [1.54, 1.807) is 7.05 Å². The van der Waals surface area contributed by atoms with E-state index < -0.39 is 0 Å². The third-order valence-electron chi connectivity index (χ3n) is 2.28. The van der Waals surface area contributed by atoms with Gasteiger partial charge in [-0.05, 0) is 12.8 Å². The standard InChI is InChI=1S/C8H10N2O2/c1-10-6(4-11)7(5-2-3-5)9-8(10)12/h4-5H,2-3H2,1H3,(H,9,12). The quantitative estimate of drug-likeness (QED) is 0.646. The molecule has 1 aliphatic carbocycles. The highest BCUT2D eigenvalue weighted by molar-refractivity contribution is 5.74. The predicted octanol–water partition coefficient (Wildman–Crippen LogP) is 0.403. The molecule has 1 aliphatic rings. The Kier molecular flexibility index (Phi) is 1.43. The molecule has 0 aliphatic heterocycles. The summed E-state index contributed by atoms with van der Waals surface area (Å²) in [6.45, 7) is 0. The highest BCUT2D eigenvalue weighted by Crippen LogP contribution is 2.39. The van der Waals surface area contributed by atoms with Crippen LogP contribution in [0.25, 0.3) is 0 Å². The van der Waals surface area contributed by atoms with E-state index in [1.807, 2.05) is 0 Å². The van der Waals surface area contributed by atoms with Gasteiger partial charge in [-0.3, -0.25) is 9.36 Å². The molecule has 12 heavy (non-hydrogen) atoms. The molecule has 2 rings (SSSR count). The van der Waals surface area contributed by atoms with E-state index >= 15 is 0 Å².